The van der Waals surface area contributed by atoms with E-state index in [4.69, 9.17) is 5.73 Å². The normalized spacial score (nSPS) is 10.6. The molecule has 2 N–H and O–H groups in total. The molecule has 0 bridgehead atoms. The van der Waals surface area contributed by atoms with Gasteiger partial charge in [0.05, 0.1) is 0 Å². The van der Waals surface area contributed by atoms with E-state index in [0.29, 0.717) is 6.54 Å². The van der Waals surface area contributed by atoms with Crippen molar-refractivity contribution in [2.24, 2.45) is 5.73 Å². The molecule has 0 unspecified atom stereocenters. The lowest BCUT2D eigenvalue weighted by Gasteiger charge is -2.12. The van der Waals surface area contributed by atoms with Crippen molar-refractivity contribution in [3.8, 4) is 11.1 Å². The van der Waals surface area contributed by atoms with Crippen molar-refractivity contribution in [1.29, 1.82) is 0 Å². The quantitative estimate of drug-likeness (QED) is 0.854. The summed E-state index contributed by atoms with van der Waals surface area (Å²) in [5.41, 5.74) is 13.2. The first-order valence-corrected chi connectivity index (χ1v) is 5.84. The number of hydrogen-bond donors (Lipinski definition) is 1. The van der Waals surface area contributed by atoms with Gasteiger partial charge in [-0.3, -0.25) is 4.98 Å². The topological polar surface area (TPSA) is 38.9 Å². The molecular weight excluding hydrogens is 208 g/mol. The minimum atomic E-state index is 0.523. The number of benzene rings is 1. The van der Waals surface area contributed by atoms with Crippen LogP contribution in [0.2, 0.25) is 0 Å². The van der Waals surface area contributed by atoms with Crippen molar-refractivity contribution < 1.29 is 0 Å². The van der Waals surface area contributed by atoms with Gasteiger partial charge in [-0.05, 0) is 60.2 Å². The molecule has 0 fully saturated rings. The van der Waals surface area contributed by atoms with E-state index in [1.54, 1.807) is 0 Å². The predicted molar refractivity (Wildman–Crippen MR) is 71.8 cm³/mol. The summed E-state index contributed by atoms with van der Waals surface area (Å²) >= 11 is 0. The fraction of sp³-hybridized carbons (Fsp3) is 0.267. The van der Waals surface area contributed by atoms with Crippen LogP contribution in [0.1, 0.15) is 22.3 Å². The molecule has 0 aliphatic rings. The van der Waals surface area contributed by atoms with Gasteiger partial charge in [-0.2, -0.15) is 0 Å². The summed E-state index contributed by atoms with van der Waals surface area (Å²) in [5.74, 6) is 0. The number of rotatable bonds is 2. The van der Waals surface area contributed by atoms with Gasteiger partial charge in [-0.15, -0.1) is 0 Å². The Labute approximate surface area is 103 Å². The predicted octanol–water partition coefficient (Wildman–Crippen LogP) is 3.13. The fourth-order valence-corrected chi connectivity index (χ4v) is 2.10. The molecule has 0 aliphatic heterocycles. The van der Waals surface area contributed by atoms with Crippen LogP contribution in [-0.2, 0) is 6.54 Å². The molecule has 2 nitrogen and oxygen atoms in total. The highest BCUT2D eigenvalue weighted by atomic mass is 14.6. The standard InChI is InChI=1S/C15H18N2/c1-10-6-12(3)15(7-11(10)2)14-4-5-17-9-13(14)8-16/h4-7,9H,8,16H2,1-3H3. The molecule has 1 heterocycles. The van der Waals surface area contributed by atoms with Crippen LogP contribution in [-0.4, -0.2) is 4.98 Å². The second-order valence-corrected chi connectivity index (χ2v) is 4.49. The van der Waals surface area contributed by atoms with Gasteiger partial charge in [0.2, 0.25) is 0 Å². The first-order chi connectivity index (χ1) is 8.13. The van der Waals surface area contributed by atoms with Gasteiger partial charge in [-0.1, -0.05) is 12.1 Å². The summed E-state index contributed by atoms with van der Waals surface area (Å²) < 4.78 is 0. The Balaban J connectivity index is 2.64. The van der Waals surface area contributed by atoms with Crippen LogP contribution in [0.4, 0.5) is 0 Å². The van der Waals surface area contributed by atoms with Crippen molar-refractivity contribution in [3.05, 3.63) is 52.8 Å². The summed E-state index contributed by atoms with van der Waals surface area (Å²) in [6.07, 6.45) is 3.67. The number of aryl methyl sites for hydroxylation is 3. The number of nitrogens with two attached hydrogens (primary N) is 1. The van der Waals surface area contributed by atoms with Crippen molar-refractivity contribution in [1.82, 2.24) is 4.98 Å². The zero-order chi connectivity index (χ0) is 12.4. The molecular formula is C15H18N2. The third kappa shape index (κ3) is 2.22. The van der Waals surface area contributed by atoms with E-state index in [9.17, 15) is 0 Å². The maximum Gasteiger partial charge on any atom is 0.0318 e. The highest BCUT2D eigenvalue weighted by molar-refractivity contribution is 5.71. The second kappa shape index (κ2) is 4.68. The Hall–Kier alpha value is -1.67. The summed E-state index contributed by atoms with van der Waals surface area (Å²) in [6, 6.07) is 6.50. The Bertz CT molecular complexity index is 545. The summed E-state index contributed by atoms with van der Waals surface area (Å²) in [4.78, 5) is 4.13. The van der Waals surface area contributed by atoms with Crippen molar-refractivity contribution >= 4 is 0 Å². The number of hydrogen-bond acceptors (Lipinski definition) is 2. The van der Waals surface area contributed by atoms with Gasteiger partial charge in [-0.25, -0.2) is 0 Å². The molecule has 0 radical (unpaired) electrons. The Morgan fingerprint density at radius 3 is 2.41 bits per heavy atom. The average molecular weight is 226 g/mol. The van der Waals surface area contributed by atoms with E-state index < -0.39 is 0 Å². The van der Waals surface area contributed by atoms with Crippen molar-refractivity contribution in [2.75, 3.05) is 0 Å². The Kier molecular flexibility index (Phi) is 3.25. The summed E-state index contributed by atoms with van der Waals surface area (Å²) in [6.45, 7) is 6.95. The fourth-order valence-electron chi connectivity index (χ4n) is 2.10. The number of nitrogens with zero attached hydrogens (tertiary/aromatic N) is 1. The Morgan fingerprint density at radius 2 is 1.71 bits per heavy atom. The molecule has 1 aromatic heterocycles. The van der Waals surface area contributed by atoms with Crippen LogP contribution in [0.3, 0.4) is 0 Å². The summed E-state index contributed by atoms with van der Waals surface area (Å²) in [5, 5.41) is 0. The van der Waals surface area contributed by atoms with Gasteiger partial charge in [0, 0.05) is 18.9 Å². The summed E-state index contributed by atoms with van der Waals surface area (Å²) in [7, 11) is 0. The largest absolute Gasteiger partial charge is 0.326 e. The van der Waals surface area contributed by atoms with Gasteiger partial charge >= 0.3 is 0 Å². The van der Waals surface area contributed by atoms with E-state index in [1.807, 2.05) is 18.5 Å². The van der Waals surface area contributed by atoms with Crippen LogP contribution >= 0.6 is 0 Å². The highest BCUT2D eigenvalue weighted by Crippen LogP contribution is 2.28. The van der Waals surface area contributed by atoms with Gasteiger partial charge in [0.25, 0.3) is 0 Å². The lowest BCUT2D eigenvalue weighted by Crippen LogP contribution is -2.00. The molecule has 1 aromatic carbocycles. The van der Waals surface area contributed by atoms with Crippen LogP contribution in [0.5, 0.6) is 0 Å². The highest BCUT2D eigenvalue weighted by Gasteiger charge is 2.08. The second-order valence-electron chi connectivity index (χ2n) is 4.49. The van der Waals surface area contributed by atoms with E-state index in [-0.39, 0.29) is 0 Å². The monoisotopic (exact) mass is 226 g/mol. The lowest BCUT2D eigenvalue weighted by atomic mass is 9.93. The van der Waals surface area contributed by atoms with E-state index in [0.717, 1.165) is 5.56 Å². The van der Waals surface area contributed by atoms with Crippen LogP contribution in [0.15, 0.2) is 30.6 Å². The molecule has 2 aromatic rings. The first-order valence-electron chi connectivity index (χ1n) is 5.84. The zero-order valence-electron chi connectivity index (χ0n) is 10.6. The van der Waals surface area contributed by atoms with E-state index >= 15 is 0 Å². The zero-order valence-corrected chi connectivity index (χ0v) is 10.6. The third-order valence-electron chi connectivity index (χ3n) is 3.25. The number of aromatic nitrogens is 1. The smallest absolute Gasteiger partial charge is 0.0318 e. The molecule has 0 spiro atoms. The van der Waals surface area contributed by atoms with Gasteiger partial charge in [0.15, 0.2) is 0 Å². The van der Waals surface area contributed by atoms with E-state index in [2.05, 4.69) is 37.9 Å². The number of pyridine rings is 1. The minimum Gasteiger partial charge on any atom is -0.326 e. The minimum absolute atomic E-state index is 0.523. The molecule has 88 valence electrons. The maximum atomic E-state index is 5.77. The molecule has 0 amide bonds. The molecule has 0 saturated heterocycles. The molecule has 17 heavy (non-hydrogen) atoms. The van der Waals surface area contributed by atoms with Crippen LogP contribution in [0.25, 0.3) is 11.1 Å². The maximum absolute atomic E-state index is 5.77. The molecule has 2 rings (SSSR count). The van der Waals surface area contributed by atoms with E-state index in [1.165, 1.54) is 27.8 Å². The Morgan fingerprint density at radius 1 is 1.00 bits per heavy atom. The van der Waals surface area contributed by atoms with Crippen molar-refractivity contribution in [3.63, 3.8) is 0 Å². The molecule has 2 heteroatoms. The van der Waals surface area contributed by atoms with Crippen LogP contribution < -0.4 is 5.73 Å². The molecule has 0 atom stereocenters. The van der Waals surface area contributed by atoms with Gasteiger partial charge in [0.1, 0.15) is 0 Å². The third-order valence-corrected chi connectivity index (χ3v) is 3.25. The first kappa shape index (κ1) is 11.8. The molecule has 0 saturated carbocycles. The SMILES string of the molecule is Cc1cc(C)c(-c2ccncc2CN)cc1C. The van der Waals surface area contributed by atoms with Crippen molar-refractivity contribution in [2.45, 2.75) is 27.3 Å². The molecule has 0 aliphatic carbocycles. The average Bonchev–Trinajstić information content (AvgIpc) is 2.34. The lowest BCUT2D eigenvalue weighted by molar-refractivity contribution is 1.05. The van der Waals surface area contributed by atoms with Gasteiger partial charge < -0.3 is 5.73 Å². The van der Waals surface area contributed by atoms with Crippen LogP contribution in [0, 0.1) is 20.8 Å².